The van der Waals surface area contributed by atoms with E-state index >= 15 is 0 Å². The molecule has 3 rings (SSSR count). The highest BCUT2D eigenvalue weighted by Crippen LogP contribution is 2.33. The van der Waals surface area contributed by atoms with Crippen molar-refractivity contribution < 1.29 is 24.1 Å². The zero-order valence-corrected chi connectivity index (χ0v) is 20.3. The third-order valence-electron chi connectivity index (χ3n) is 5.97. The van der Waals surface area contributed by atoms with Gasteiger partial charge in [-0.15, -0.1) is 0 Å². The molecule has 1 N–H and O–H groups in total. The second kappa shape index (κ2) is 11.7. The number of aliphatic hydroxyl groups excluding tert-OH is 1. The van der Waals surface area contributed by atoms with Crippen molar-refractivity contribution in [3.8, 4) is 0 Å². The number of hydrogen-bond acceptors (Lipinski definition) is 6. The van der Waals surface area contributed by atoms with Crippen LogP contribution in [0.5, 0.6) is 0 Å². The number of para-hydroxylation sites is 1. The Bertz CT molecular complexity index is 955. The van der Waals surface area contributed by atoms with Gasteiger partial charge in [0.05, 0.1) is 30.5 Å². The number of rotatable bonds is 11. The molecule has 33 heavy (non-hydrogen) atoms. The van der Waals surface area contributed by atoms with Crippen LogP contribution in [0.25, 0.3) is 17.0 Å². The fourth-order valence-corrected chi connectivity index (χ4v) is 4.27. The summed E-state index contributed by atoms with van der Waals surface area (Å²) in [7, 11) is 1.40. The van der Waals surface area contributed by atoms with E-state index in [1.54, 1.807) is 0 Å². The van der Waals surface area contributed by atoms with Crippen molar-refractivity contribution in [2.75, 3.05) is 7.11 Å². The molecule has 1 saturated heterocycles. The first-order valence-electron chi connectivity index (χ1n) is 12.0. The molecule has 1 aliphatic rings. The Morgan fingerprint density at radius 1 is 1.24 bits per heavy atom. The van der Waals surface area contributed by atoms with Crippen LogP contribution in [0, 0.1) is 0 Å². The van der Waals surface area contributed by atoms with Crippen LogP contribution >= 0.6 is 0 Å². The van der Waals surface area contributed by atoms with Gasteiger partial charge in [0, 0.05) is 11.8 Å². The van der Waals surface area contributed by atoms with Crippen LogP contribution in [0.4, 0.5) is 0 Å². The number of methoxy groups -OCH3 is 1. The van der Waals surface area contributed by atoms with E-state index in [4.69, 9.17) is 19.2 Å². The van der Waals surface area contributed by atoms with Crippen molar-refractivity contribution >= 4 is 22.9 Å². The average Bonchev–Trinajstić information content (AvgIpc) is 3.10. The molecule has 0 aliphatic carbocycles. The number of nitrogens with zero attached hydrogens (tertiary/aromatic N) is 1. The van der Waals surface area contributed by atoms with E-state index in [-0.39, 0.29) is 18.2 Å². The van der Waals surface area contributed by atoms with Crippen molar-refractivity contribution in [1.29, 1.82) is 0 Å². The smallest absolute Gasteiger partial charge is 0.305 e. The number of unbranched alkanes of at least 4 members (excludes halogenated alkanes) is 2. The normalized spacial score (nSPS) is 21.0. The molecule has 0 spiro atoms. The lowest BCUT2D eigenvalue weighted by atomic mass is 10.00. The van der Waals surface area contributed by atoms with Crippen LogP contribution in [-0.4, -0.2) is 41.2 Å². The van der Waals surface area contributed by atoms with E-state index < -0.39 is 11.9 Å². The van der Waals surface area contributed by atoms with E-state index in [0.29, 0.717) is 31.4 Å². The molecule has 2 heterocycles. The van der Waals surface area contributed by atoms with Gasteiger partial charge >= 0.3 is 5.97 Å². The Morgan fingerprint density at radius 3 is 2.79 bits per heavy atom. The monoisotopic (exact) mass is 455 g/mol. The molecule has 1 aromatic carbocycles. The summed E-state index contributed by atoms with van der Waals surface area (Å²) in [5.74, 6) is -0.918. The fraction of sp³-hybridized carbons (Fsp3) is 0.556. The highest BCUT2D eigenvalue weighted by molar-refractivity contribution is 5.81. The van der Waals surface area contributed by atoms with E-state index in [2.05, 4.69) is 13.0 Å². The number of hydrogen-bond donors (Lipinski definition) is 1. The summed E-state index contributed by atoms with van der Waals surface area (Å²) < 4.78 is 17.0. The number of benzene rings is 1. The van der Waals surface area contributed by atoms with Gasteiger partial charge in [-0.3, -0.25) is 4.79 Å². The molecule has 0 radical (unpaired) electrons. The van der Waals surface area contributed by atoms with Crippen molar-refractivity contribution in [3.05, 3.63) is 47.7 Å². The molecule has 0 bridgehead atoms. The van der Waals surface area contributed by atoms with Crippen LogP contribution in [-0.2, 0) is 19.0 Å². The SMILES string of the molecule is CCCCCC(O)c1nc2ccccc2cc1/C=C/C1OC(C)(C)OC1CCCC(=O)OC. The average molecular weight is 456 g/mol. The summed E-state index contributed by atoms with van der Waals surface area (Å²) >= 11 is 0. The van der Waals surface area contributed by atoms with Gasteiger partial charge in [0.2, 0.25) is 0 Å². The minimum Gasteiger partial charge on any atom is -0.469 e. The third-order valence-corrected chi connectivity index (χ3v) is 5.97. The van der Waals surface area contributed by atoms with Gasteiger partial charge in [-0.2, -0.15) is 0 Å². The van der Waals surface area contributed by atoms with Crippen molar-refractivity contribution in [2.24, 2.45) is 0 Å². The summed E-state index contributed by atoms with van der Waals surface area (Å²) in [6, 6.07) is 10.0. The summed E-state index contributed by atoms with van der Waals surface area (Å²) in [4.78, 5) is 16.3. The van der Waals surface area contributed by atoms with Gasteiger partial charge in [0.1, 0.15) is 6.10 Å². The first kappa shape index (κ1) is 25.3. The maximum Gasteiger partial charge on any atom is 0.305 e. The number of carbonyl (C=O) groups is 1. The Kier molecular flexibility index (Phi) is 9.01. The first-order chi connectivity index (χ1) is 15.8. The number of fused-ring (bicyclic) bond motifs is 1. The molecule has 6 nitrogen and oxygen atoms in total. The fourth-order valence-electron chi connectivity index (χ4n) is 4.27. The topological polar surface area (TPSA) is 77.9 Å². The molecule has 3 unspecified atom stereocenters. The van der Waals surface area contributed by atoms with E-state index in [9.17, 15) is 9.90 Å². The van der Waals surface area contributed by atoms with E-state index in [1.165, 1.54) is 7.11 Å². The number of esters is 1. The van der Waals surface area contributed by atoms with E-state index in [0.717, 1.165) is 35.7 Å². The van der Waals surface area contributed by atoms with Gasteiger partial charge in [-0.05, 0) is 50.8 Å². The lowest BCUT2D eigenvalue weighted by molar-refractivity contribution is -0.144. The predicted octanol–water partition coefficient (Wildman–Crippen LogP) is 5.73. The summed E-state index contributed by atoms with van der Waals surface area (Å²) in [6.07, 6.45) is 8.51. The minimum absolute atomic E-state index is 0.160. The zero-order chi connectivity index (χ0) is 23.8. The predicted molar refractivity (Wildman–Crippen MR) is 130 cm³/mol. The van der Waals surface area contributed by atoms with Crippen LogP contribution in [0.15, 0.2) is 36.4 Å². The van der Waals surface area contributed by atoms with Crippen molar-refractivity contribution in [3.63, 3.8) is 0 Å². The summed E-state index contributed by atoms with van der Waals surface area (Å²) in [6.45, 7) is 5.95. The molecule has 1 aliphatic heterocycles. The third kappa shape index (κ3) is 7.10. The molecule has 0 amide bonds. The van der Waals surface area contributed by atoms with Gasteiger partial charge in [-0.1, -0.05) is 56.5 Å². The number of aliphatic hydroxyl groups is 1. The Hall–Kier alpha value is -2.28. The van der Waals surface area contributed by atoms with Crippen LogP contribution in [0.3, 0.4) is 0 Å². The van der Waals surface area contributed by atoms with Crippen LogP contribution in [0.2, 0.25) is 0 Å². The number of aromatic nitrogens is 1. The van der Waals surface area contributed by atoms with Gasteiger partial charge in [0.15, 0.2) is 5.79 Å². The molecule has 6 heteroatoms. The Labute approximate surface area is 197 Å². The molecule has 1 aromatic heterocycles. The van der Waals surface area contributed by atoms with Crippen LogP contribution < -0.4 is 0 Å². The largest absolute Gasteiger partial charge is 0.469 e. The minimum atomic E-state index is -0.699. The highest BCUT2D eigenvalue weighted by atomic mass is 16.7. The Morgan fingerprint density at radius 2 is 2.03 bits per heavy atom. The number of ether oxygens (including phenoxy) is 3. The van der Waals surface area contributed by atoms with E-state index in [1.807, 2.05) is 50.3 Å². The summed E-state index contributed by atoms with van der Waals surface area (Å²) in [5.41, 5.74) is 2.46. The quantitative estimate of drug-likeness (QED) is 0.345. The maximum atomic E-state index is 11.5. The molecule has 180 valence electrons. The zero-order valence-electron chi connectivity index (χ0n) is 20.3. The molecule has 2 aromatic rings. The summed E-state index contributed by atoms with van der Waals surface area (Å²) in [5, 5.41) is 11.9. The lowest BCUT2D eigenvalue weighted by Crippen LogP contribution is -2.21. The highest BCUT2D eigenvalue weighted by Gasteiger charge is 2.39. The van der Waals surface area contributed by atoms with Gasteiger partial charge in [-0.25, -0.2) is 4.98 Å². The van der Waals surface area contributed by atoms with Gasteiger partial charge in [0.25, 0.3) is 0 Å². The molecule has 3 atom stereocenters. The molecular weight excluding hydrogens is 418 g/mol. The molecule has 1 fully saturated rings. The molecular formula is C27H37NO5. The standard InChI is InChI=1S/C27H37NO5/c1-5-6-7-13-22(29)26-20(18-19-11-8-9-12-21(19)28-26)16-17-24-23(32-27(2,3)33-24)14-10-15-25(30)31-4/h8-9,11-12,16-18,22-24,29H,5-7,10,13-15H2,1-4H3/b17-16+. The first-order valence-corrected chi connectivity index (χ1v) is 12.0. The van der Waals surface area contributed by atoms with Crippen molar-refractivity contribution in [1.82, 2.24) is 4.98 Å². The second-order valence-corrected chi connectivity index (χ2v) is 9.13. The van der Waals surface area contributed by atoms with Crippen LogP contribution in [0.1, 0.15) is 83.1 Å². The van der Waals surface area contributed by atoms with Gasteiger partial charge < -0.3 is 19.3 Å². The number of carbonyl (C=O) groups excluding carboxylic acids is 1. The lowest BCUT2D eigenvalue weighted by Gasteiger charge is -2.16. The maximum absolute atomic E-state index is 11.5. The number of pyridine rings is 1. The Balaban J connectivity index is 1.82. The van der Waals surface area contributed by atoms with Crippen molar-refractivity contribution in [2.45, 2.75) is 89.8 Å². The second-order valence-electron chi connectivity index (χ2n) is 9.13. The molecule has 0 saturated carbocycles.